The van der Waals surface area contributed by atoms with Crippen LogP contribution >= 0.6 is 0 Å². The lowest BCUT2D eigenvalue weighted by molar-refractivity contribution is -0.137. The van der Waals surface area contributed by atoms with E-state index >= 15 is 0 Å². The van der Waals surface area contributed by atoms with Crippen LogP contribution in [-0.2, 0) is 6.18 Å². The molecule has 0 aliphatic carbocycles. The molecular weight excluding hydrogens is 285 g/mol. The van der Waals surface area contributed by atoms with E-state index in [1.165, 1.54) is 30.5 Å². The van der Waals surface area contributed by atoms with Crippen LogP contribution in [0.3, 0.4) is 0 Å². The van der Waals surface area contributed by atoms with Crippen molar-refractivity contribution < 1.29 is 23.4 Å². The van der Waals surface area contributed by atoms with Crippen LogP contribution in [0.4, 0.5) is 18.9 Å². The summed E-state index contributed by atoms with van der Waals surface area (Å²) in [6.07, 6.45) is -3.19. The molecule has 0 saturated carbocycles. The lowest BCUT2D eigenvalue weighted by Gasteiger charge is -2.08. The number of nitrogens with zero attached hydrogens (tertiary/aromatic N) is 1. The second kappa shape index (κ2) is 5.74. The summed E-state index contributed by atoms with van der Waals surface area (Å²) in [7, 11) is 0. The number of nitrogens with one attached hydrogen (secondary N) is 1. The van der Waals surface area contributed by atoms with Gasteiger partial charge in [0, 0.05) is 11.6 Å². The fourth-order valence-electron chi connectivity index (χ4n) is 1.58. The van der Waals surface area contributed by atoms with E-state index in [0.29, 0.717) is 5.56 Å². The zero-order valence-electron chi connectivity index (χ0n) is 10.6. The largest absolute Gasteiger partial charge is 0.508 e. The molecule has 2 rings (SSSR count). The van der Waals surface area contributed by atoms with Gasteiger partial charge in [-0.2, -0.15) is 18.3 Å². The lowest BCUT2D eigenvalue weighted by Crippen LogP contribution is -2.05. The molecule has 2 aromatic carbocycles. The van der Waals surface area contributed by atoms with Gasteiger partial charge in [-0.15, -0.1) is 0 Å². The number of hydrogen-bond donors (Lipinski definition) is 3. The van der Waals surface area contributed by atoms with Gasteiger partial charge in [-0.1, -0.05) is 6.07 Å². The highest BCUT2D eigenvalue weighted by Gasteiger charge is 2.30. The van der Waals surface area contributed by atoms with Gasteiger partial charge in [0.05, 0.1) is 17.5 Å². The summed E-state index contributed by atoms with van der Waals surface area (Å²) in [5.74, 6) is -0.292. The summed E-state index contributed by atoms with van der Waals surface area (Å²) in [4.78, 5) is 0. The zero-order valence-corrected chi connectivity index (χ0v) is 10.6. The van der Waals surface area contributed by atoms with Crippen molar-refractivity contribution in [3.8, 4) is 11.5 Å². The molecule has 4 nitrogen and oxygen atoms in total. The molecule has 0 radical (unpaired) electrons. The van der Waals surface area contributed by atoms with E-state index in [2.05, 4.69) is 10.5 Å². The first kappa shape index (κ1) is 14.7. The van der Waals surface area contributed by atoms with Crippen molar-refractivity contribution in [2.24, 2.45) is 5.10 Å². The first-order valence-corrected chi connectivity index (χ1v) is 5.84. The monoisotopic (exact) mass is 296 g/mol. The minimum absolute atomic E-state index is 0.101. The summed E-state index contributed by atoms with van der Waals surface area (Å²) in [5, 5.41) is 22.4. The number of benzene rings is 2. The van der Waals surface area contributed by atoms with E-state index in [1.807, 2.05) is 0 Å². The van der Waals surface area contributed by atoms with E-state index < -0.39 is 11.7 Å². The van der Waals surface area contributed by atoms with Crippen LogP contribution < -0.4 is 5.43 Å². The first-order valence-electron chi connectivity index (χ1n) is 5.84. The third kappa shape index (κ3) is 3.88. The fourth-order valence-corrected chi connectivity index (χ4v) is 1.58. The summed E-state index contributed by atoms with van der Waals surface area (Å²) in [6.45, 7) is 0. The highest BCUT2D eigenvalue weighted by atomic mass is 19.4. The number of rotatable bonds is 3. The summed E-state index contributed by atoms with van der Waals surface area (Å²) in [5.41, 5.74) is 2.14. The van der Waals surface area contributed by atoms with E-state index in [1.54, 1.807) is 0 Å². The number of phenolic OH excluding ortho intramolecular Hbond substituents is 2. The second-order valence-corrected chi connectivity index (χ2v) is 4.19. The van der Waals surface area contributed by atoms with Crippen molar-refractivity contribution in [2.75, 3.05) is 5.43 Å². The number of aromatic hydroxyl groups is 2. The zero-order chi connectivity index (χ0) is 15.5. The summed E-state index contributed by atoms with van der Waals surface area (Å²) in [6, 6.07) is 8.48. The van der Waals surface area contributed by atoms with Gasteiger partial charge in [-0.05, 0) is 30.3 Å². The van der Waals surface area contributed by atoms with Crippen molar-refractivity contribution in [3.05, 3.63) is 53.6 Å². The molecule has 0 fully saturated rings. The van der Waals surface area contributed by atoms with Crippen LogP contribution in [0.15, 0.2) is 47.6 Å². The van der Waals surface area contributed by atoms with E-state index in [4.69, 9.17) is 5.11 Å². The molecule has 21 heavy (non-hydrogen) atoms. The molecule has 0 aliphatic heterocycles. The third-order valence-electron chi connectivity index (χ3n) is 2.60. The normalized spacial score (nSPS) is 11.8. The molecule has 0 unspecified atom stereocenters. The van der Waals surface area contributed by atoms with Crippen LogP contribution in [0.25, 0.3) is 0 Å². The third-order valence-corrected chi connectivity index (χ3v) is 2.60. The lowest BCUT2D eigenvalue weighted by atomic mass is 10.2. The van der Waals surface area contributed by atoms with Crippen LogP contribution in [0, 0.1) is 0 Å². The smallest absolute Gasteiger partial charge is 0.416 e. The van der Waals surface area contributed by atoms with Gasteiger partial charge < -0.3 is 10.2 Å². The molecule has 3 N–H and O–H groups in total. The molecule has 110 valence electrons. The molecule has 2 aromatic rings. The van der Waals surface area contributed by atoms with E-state index in [0.717, 1.165) is 18.2 Å². The maximum Gasteiger partial charge on any atom is 0.416 e. The number of halogens is 3. The van der Waals surface area contributed by atoms with Gasteiger partial charge >= 0.3 is 6.18 Å². The topological polar surface area (TPSA) is 64.9 Å². The summed E-state index contributed by atoms with van der Waals surface area (Å²) >= 11 is 0. The Kier molecular flexibility index (Phi) is 4.02. The fraction of sp³-hybridized carbons (Fsp3) is 0.0714. The van der Waals surface area contributed by atoms with Crippen LogP contribution in [0.2, 0.25) is 0 Å². The van der Waals surface area contributed by atoms with Crippen LogP contribution in [-0.4, -0.2) is 16.4 Å². The van der Waals surface area contributed by atoms with Crippen molar-refractivity contribution in [1.29, 1.82) is 0 Å². The first-order chi connectivity index (χ1) is 9.86. The Morgan fingerprint density at radius 2 is 1.81 bits per heavy atom. The molecule has 0 heterocycles. The van der Waals surface area contributed by atoms with Gasteiger partial charge in [-0.25, -0.2) is 0 Å². The number of hydrazone groups is 1. The molecule has 0 atom stereocenters. The number of alkyl halides is 3. The standard InChI is InChI=1S/C14H11F3N2O2/c15-14(16,17)10-2-1-3-11(6-10)19-18-8-9-4-5-12(20)7-13(9)21/h1-8,19-21H. The predicted molar refractivity (Wildman–Crippen MR) is 72.4 cm³/mol. The van der Waals surface area contributed by atoms with Crippen molar-refractivity contribution in [1.82, 2.24) is 0 Å². The number of hydrogen-bond acceptors (Lipinski definition) is 4. The average molecular weight is 296 g/mol. The Morgan fingerprint density at radius 1 is 1.05 bits per heavy atom. The molecule has 0 saturated heterocycles. The van der Waals surface area contributed by atoms with Gasteiger partial charge in [0.15, 0.2) is 0 Å². The van der Waals surface area contributed by atoms with Gasteiger partial charge in [0.2, 0.25) is 0 Å². The second-order valence-electron chi connectivity index (χ2n) is 4.19. The Morgan fingerprint density at radius 3 is 2.48 bits per heavy atom. The number of phenols is 2. The van der Waals surface area contributed by atoms with Crippen molar-refractivity contribution >= 4 is 11.9 Å². The summed E-state index contributed by atoms with van der Waals surface area (Å²) < 4.78 is 37.6. The Balaban J connectivity index is 2.11. The molecule has 0 spiro atoms. The number of anilines is 1. The minimum Gasteiger partial charge on any atom is -0.508 e. The molecule has 0 amide bonds. The van der Waals surface area contributed by atoms with Crippen molar-refractivity contribution in [3.63, 3.8) is 0 Å². The van der Waals surface area contributed by atoms with Gasteiger partial charge in [-0.3, -0.25) is 5.43 Å². The average Bonchev–Trinajstić information content (AvgIpc) is 2.41. The van der Waals surface area contributed by atoms with Crippen LogP contribution in [0.5, 0.6) is 11.5 Å². The maximum absolute atomic E-state index is 12.5. The quantitative estimate of drug-likeness (QED) is 0.599. The SMILES string of the molecule is Oc1ccc(C=NNc2cccc(C(F)(F)F)c2)c(O)c1. The van der Waals surface area contributed by atoms with E-state index in [9.17, 15) is 18.3 Å². The predicted octanol–water partition coefficient (Wildman–Crippen LogP) is 3.56. The van der Waals surface area contributed by atoms with Gasteiger partial charge in [0.25, 0.3) is 0 Å². The molecule has 0 aliphatic rings. The molecule has 7 heteroatoms. The van der Waals surface area contributed by atoms with Gasteiger partial charge in [0.1, 0.15) is 11.5 Å². The Bertz CT molecular complexity index is 670. The molecule has 0 aromatic heterocycles. The van der Waals surface area contributed by atoms with E-state index in [-0.39, 0.29) is 17.2 Å². The Hall–Kier alpha value is -2.70. The molecule has 0 bridgehead atoms. The Labute approximate surface area is 118 Å². The molecular formula is C14H11F3N2O2. The highest BCUT2D eigenvalue weighted by Crippen LogP contribution is 2.30. The highest BCUT2D eigenvalue weighted by molar-refractivity contribution is 5.84. The van der Waals surface area contributed by atoms with Crippen molar-refractivity contribution in [2.45, 2.75) is 6.18 Å². The maximum atomic E-state index is 12.5. The van der Waals surface area contributed by atoms with Crippen LogP contribution in [0.1, 0.15) is 11.1 Å². The minimum atomic E-state index is -4.42.